The van der Waals surface area contributed by atoms with Gasteiger partial charge in [0.15, 0.2) is 5.11 Å². The second kappa shape index (κ2) is 8.83. The van der Waals surface area contributed by atoms with E-state index in [1.165, 1.54) is 6.07 Å². The molecule has 3 N–H and O–H groups in total. The summed E-state index contributed by atoms with van der Waals surface area (Å²) in [4.78, 5) is 11.3. The third-order valence-electron chi connectivity index (χ3n) is 2.21. The van der Waals surface area contributed by atoms with Crippen molar-refractivity contribution >= 4 is 98.5 Å². The van der Waals surface area contributed by atoms with Crippen LogP contribution in [0.5, 0.6) is 0 Å². The Balaban J connectivity index is 2.76. The first kappa shape index (κ1) is 20.2. The molecule has 122 valence electrons. The summed E-state index contributed by atoms with van der Waals surface area (Å²) in [6, 6.07) is 4.79. The van der Waals surface area contributed by atoms with Crippen LogP contribution in [0.4, 0.5) is 5.69 Å². The fourth-order valence-corrected chi connectivity index (χ4v) is 2.37. The van der Waals surface area contributed by atoms with Crippen molar-refractivity contribution in [3.8, 4) is 0 Å². The number of amides is 1. The molecular formula is C11H9Cl6N3OS. The summed E-state index contributed by atoms with van der Waals surface area (Å²) < 4.78 is -1.85. The van der Waals surface area contributed by atoms with Gasteiger partial charge in [-0.2, -0.15) is 0 Å². The molecule has 0 saturated carbocycles. The molecule has 1 aromatic rings. The van der Waals surface area contributed by atoms with E-state index in [2.05, 4.69) is 16.0 Å². The van der Waals surface area contributed by atoms with Crippen molar-refractivity contribution in [2.45, 2.75) is 9.96 Å². The number of hydrogen-bond donors (Lipinski definition) is 3. The van der Waals surface area contributed by atoms with E-state index in [4.69, 9.17) is 81.8 Å². The number of alkyl halides is 4. The molecule has 4 nitrogen and oxygen atoms in total. The maximum atomic E-state index is 11.3. The van der Waals surface area contributed by atoms with Crippen LogP contribution in [0.1, 0.15) is 0 Å². The SMILES string of the molecule is O=C(CCl)N[C@H](NC(=S)Nc1ccc(Cl)cc1Cl)C(Cl)(Cl)Cl. The molecule has 0 aliphatic heterocycles. The number of anilines is 1. The van der Waals surface area contributed by atoms with E-state index in [0.717, 1.165) is 0 Å². The summed E-state index contributed by atoms with van der Waals surface area (Å²) in [6.45, 7) is 0. The van der Waals surface area contributed by atoms with E-state index in [1.54, 1.807) is 12.1 Å². The van der Waals surface area contributed by atoms with Gasteiger partial charge in [-0.15, -0.1) is 11.6 Å². The van der Waals surface area contributed by atoms with Gasteiger partial charge in [-0.1, -0.05) is 58.0 Å². The van der Waals surface area contributed by atoms with E-state index >= 15 is 0 Å². The molecule has 0 bridgehead atoms. The number of carbonyl (C=O) groups excluding carboxylic acids is 1. The molecule has 0 heterocycles. The van der Waals surface area contributed by atoms with Crippen LogP contribution in [0.15, 0.2) is 18.2 Å². The molecule has 1 atom stereocenters. The lowest BCUT2D eigenvalue weighted by Crippen LogP contribution is -2.56. The molecule has 0 aliphatic rings. The Labute approximate surface area is 162 Å². The molecule has 0 aromatic heterocycles. The molecule has 1 rings (SSSR count). The Morgan fingerprint density at radius 1 is 1.23 bits per heavy atom. The first-order valence-corrected chi connectivity index (χ1v) is 8.41. The maximum absolute atomic E-state index is 11.3. The second-order valence-corrected chi connectivity index (χ2v) is 7.79. The lowest BCUT2D eigenvalue weighted by molar-refractivity contribution is -0.119. The Kier molecular flexibility index (Phi) is 8.09. The fraction of sp³-hybridized carbons (Fsp3) is 0.273. The van der Waals surface area contributed by atoms with Crippen LogP contribution in [0.2, 0.25) is 10.0 Å². The van der Waals surface area contributed by atoms with Crippen LogP contribution in [-0.2, 0) is 4.79 Å². The van der Waals surface area contributed by atoms with Gasteiger partial charge in [-0.25, -0.2) is 0 Å². The predicted octanol–water partition coefficient (Wildman–Crippen LogP) is 4.33. The van der Waals surface area contributed by atoms with Gasteiger partial charge in [-0.3, -0.25) is 4.79 Å². The zero-order chi connectivity index (χ0) is 16.9. The Bertz CT molecular complexity index is 565. The number of benzene rings is 1. The van der Waals surface area contributed by atoms with Crippen LogP contribution >= 0.6 is 81.8 Å². The summed E-state index contributed by atoms with van der Waals surface area (Å²) in [7, 11) is 0. The van der Waals surface area contributed by atoms with Crippen molar-refractivity contribution in [1.29, 1.82) is 0 Å². The van der Waals surface area contributed by atoms with Gasteiger partial charge in [0.05, 0.1) is 10.7 Å². The van der Waals surface area contributed by atoms with Crippen LogP contribution in [-0.4, -0.2) is 26.9 Å². The lowest BCUT2D eigenvalue weighted by Gasteiger charge is -2.27. The number of rotatable bonds is 4. The van der Waals surface area contributed by atoms with Gasteiger partial charge in [0.1, 0.15) is 12.0 Å². The minimum atomic E-state index is -1.85. The molecule has 0 aliphatic carbocycles. The number of nitrogens with one attached hydrogen (secondary N) is 3. The Morgan fingerprint density at radius 2 is 1.86 bits per heavy atom. The van der Waals surface area contributed by atoms with Crippen LogP contribution < -0.4 is 16.0 Å². The molecule has 0 unspecified atom stereocenters. The summed E-state index contributed by atoms with van der Waals surface area (Å²) in [5.41, 5.74) is 0.496. The first-order chi connectivity index (χ1) is 10.1. The van der Waals surface area contributed by atoms with Crippen molar-refractivity contribution in [2.24, 2.45) is 0 Å². The van der Waals surface area contributed by atoms with Gasteiger partial charge in [-0.05, 0) is 30.4 Å². The standard InChI is InChI=1S/C11H9Cl6N3OS/c12-4-8(21)19-9(11(15,16)17)20-10(22)18-7-2-1-5(13)3-6(7)14/h1-3,9H,4H2,(H,19,21)(H2,18,20,22)/t9-/m1/s1. The maximum Gasteiger partial charge on any atom is 0.236 e. The average molecular weight is 444 g/mol. The normalized spacial score (nSPS) is 12.5. The summed E-state index contributed by atoms with van der Waals surface area (Å²) >= 11 is 39.6. The highest BCUT2D eigenvalue weighted by Gasteiger charge is 2.34. The topological polar surface area (TPSA) is 53.2 Å². The van der Waals surface area contributed by atoms with Crippen LogP contribution in [0.3, 0.4) is 0 Å². The summed E-state index contributed by atoms with van der Waals surface area (Å²) in [5, 5.41) is 8.75. The number of carbonyl (C=O) groups is 1. The van der Waals surface area contributed by atoms with Gasteiger partial charge in [0.25, 0.3) is 0 Å². The molecule has 11 heteroatoms. The molecule has 0 spiro atoms. The van der Waals surface area contributed by atoms with Gasteiger partial charge in [0.2, 0.25) is 9.70 Å². The van der Waals surface area contributed by atoms with Crippen LogP contribution in [0.25, 0.3) is 0 Å². The van der Waals surface area contributed by atoms with E-state index in [0.29, 0.717) is 15.7 Å². The van der Waals surface area contributed by atoms with Crippen LogP contribution in [0, 0.1) is 0 Å². The van der Waals surface area contributed by atoms with E-state index in [-0.39, 0.29) is 11.0 Å². The van der Waals surface area contributed by atoms with E-state index in [9.17, 15) is 4.79 Å². The molecule has 0 fully saturated rings. The zero-order valence-corrected chi connectivity index (χ0v) is 16.0. The minimum absolute atomic E-state index is 0.0791. The van der Waals surface area contributed by atoms with Crippen molar-refractivity contribution in [3.63, 3.8) is 0 Å². The smallest absolute Gasteiger partial charge is 0.236 e. The van der Waals surface area contributed by atoms with Gasteiger partial charge in [0, 0.05) is 5.02 Å². The quantitative estimate of drug-likeness (QED) is 0.368. The number of halogens is 6. The van der Waals surface area contributed by atoms with Crippen molar-refractivity contribution < 1.29 is 4.79 Å². The molecule has 0 radical (unpaired) electrons. The number of thiocarbonyl (C=S) groups is 1. The fourth-order valence-electron chi connectivity index (χ4n) is 1.28. The Hall–Kier alpha value is 0.120. The highest BCUT2D eigenvalue weighted by Crippen LogP contribution is 2.29. The highest BCUT2D eigenvalue weighted by atomic mass is 35.6. The van der Waals surface area contributed by atoms with Gasteiger partial charge >= 0.3 is 0 Å². The summed E-state index contributed by atoms with van der Waals surface area (Å²) in [5.74, 6) is -0.819. The summed E-state index contributed by atoms with van der Waals surface area (Å²) in [6.07, 6.45) is -1.09. The monoisotopic (exact) mass is 441 g/mol. The third-order valence-corrected chi connectivity index (χ3v) is 3.87. The van der Waals surface area contributed by atoms with Crippen molar-refractivity contribution in [2.75, 3.05) is 11.2 Å². The lowest BCUT2D eigenvalue weighted by atomic mass is 10.3. The molecule has 22 heavy (non-hydrogen) atoms. The molecular weight excluding hydrogens is 435 g/mol. The van der Waals surface area contributed by atoms with Gasteiger partial charge < -0.3 is 16.0 Å². The van der Waals surface area contributed by atoms with Crippen molar-refractivity contribution in [3.05, 3.63) is 28.2 Å². The predicted molar refractivity (Wildman–Crippen MR) is 98.8 cm³/mol. The van der Waals surface area contributed by atoms with Crippen molar-refractivity contribution in [1.82, 2.24) is 10.6 Å². The second-order valence-electron chi connectivity index (χ2n) is 3.90. The molecule has 1 amide bonds. The first-order valence-electron chi connectivity index (χ1n) is 5.58. The Morgan fingerprint density at radius 3 is 2.36 bits per heavy atom. The highest BCUT2D eigenvalue weighted by molar-refractivity contribution is 7.80. The largest absolute Gasteiger partial charge is 0.339 e. The third kappa shape index (κ3) is 6.71. The van der Waals surface area contributed by atoms with E-state index in [1.807, 2.05) is 0 Å². The minimum Gasteiger partial charge on any atom is -0.339 e. The zero-order valence-electron chi connectivity index (χ0n) is 10.6. The average Bonchev–Trinajstić information content (AvgIpc) is 2.40. The van der Waals surface area contributed by atoms with E-state index < -0.39 is 15.9 Å². The molecule has 0 saturated heterocycles. The molecule has 1 aromatic carbocycles. The number of hydrogen-bond acceptors (Lipinski definition) is 2.